The number of hydrogen-bond donors (Lipinski definition) is 0. The smallest absolute Gasteiger partial charge is 0.311 e. The van der Waals surface area contributed by atoms with Gasteiger partial charge < -0.3 is 47.1 Å². The van der Waals surface area contributed by atoms with E-state index in [9.17, 15) is 14.9 Å². The van der Waals surface area contributed by atoms with Gasteiger partial charge in [-0.3, -0.25) is 14.9 Å². The number of rotatable bonds is 13. The normalized spacial score (nSPS) is 32.6. The summed E-state index contributed by atoms with van der Waals surface area (Å²) in [4.78, 5) is 24.4. The van der Waals surface area contributed by atoms with Crippen molar-refractivity contribution in [2.45, 2.75) is 173 Å². The molecule has 0 unspecified atom stereocenters. The second-order valence-corrected chi connectivity index (χ2v) is 23.6. The fraction of sp³-hybridized carbons (Fsp3) is 0.698. The second-order valence-electron chi connectivity index (χ2n) is 18.8. The van der Waals surface area contributed by atoms with Crippen LogP contribution >= 0.6 is 0 Å². The summed E-state index contributed by atoms with van der Waals surface area (Å²) >= 11 is 0. The Kier molecular flexibility index (Phi) is 13.6. The zero-order chi connectivity index (χ0) is 42.2. The van der Waals surface area contributed by atoms with E-state index < -0.39 is 98.1 Å². The Morgan fingerprint density at radius 1 is 0.862 bits per heavy atom. The Bertz CT molecular complexity index is 1690. The topological polar surface area (TPSA) is 153 Å². The van der Waals surface area contributed by atoms with Gasteiger partial charge in [-0.05, 0) is 84.5 Å². The van der Waals surface area contributed by atoms with Crippen molar-refractivity contribution in [3.63, 3.8) is 0 Å². The van der Waals surface area contributed by atoms with E-state index in [1.807, 2.05) is 51.1 Å². The summed E-state index contributed by atoms with van der Waals surface area (Å²) in [5.74, 6) is -1.42. The fourth-order valence-corrected chi connectivity index (χ4v) is 8.68. The molecule has 11 atom stereocenters. The zero-order valence-corrected chi connectivity index (χ0v) is 36.8. The first-order chi connectivity index (χ1) is 27.1. The third-order valence-corrected chi connectivity index (χ3v) is 16.1. The van der Waals surface area contributed by atoms with E-state index in [-0.39, 0.29) is 23.9 Å². The van der Waals surface area contributed by atoms with Crippen molar-refractivity contribution in [2.24, 2.45) is 5.41 Å². The molecular weight excluding hydrogens is 767 g/mol. The third-order valence-electron chi connectivity index (χ3n) is 11.6. The maximum Gasteiger partial charge on any atom is 0.311 e. The summed E-state index contributed by atoms with van der Waals surface area (Å²) in [6.45, 7) is 22.5. The minimum absolute atomic E-state index is 0.0526. The number of fused-ring (bicyclic) bond motifs is 2. The fourth-order valence-electron chi connectivity index (χ4n) is 7.32. The van der Waals surface area contributed by atoms with E-state index in [1.165, 1.54) is 12.1 Å². The van der Waals surface area contributed by atoms with E-state index in [0.717, 1.165) is 17.5 Å². The molecule has 0 bridgehead atoms. The number of benzene rings is 2. The molecule has 0 spiro atoms. The third kappa shape index (κ3) is 10.4. The van der Waals surface area contributed by atoms with Gasteiger partial charge in [-0.1, -0.05) is 63.2 Å². The number of ether oxygens (including phenoxy) is 9. The standard InChI is InChI=1S/C43H63NO13Si/c1-26-31(57-58(10,11)42(5,6)7)34-36(56-43(8,9)55-34)39(50-26)53-33-32-30(25-49-37(52-32)28-18-13-12-14-19-28)51-38(35(33)54-40(45)41(2,3)4)48-24-16-15-17-27-20-22-29(23-21-27)44(46)47/h12-14,18-23,26,30-39H,15-17,24-25H2,1-11H3/t26-,30+,31-,32-,33-,34+,35+,36+,37-,38+,39-/m0/s1. The summed E-state index contributed by atoms with van der Waals surface area (Å²) in [6, 6.07) is 16.1. The number of aryl methyl sites for hydroxylation is 1. The van der Waals surface area contributed by atoms with E-state index in [4.69, 9.17) is 47.1 Å². The molecule has 0 N–H and O–H groups in total. The number of hydrogen-bond acceptors (Lipinski definition) is 13. The lowest BCUT2D eigenvalue weighted by Gasteiger charge is -2.51. The monoisotopic (exact) mass is 829 g/mol. The molecule has 14 nitrogen and oxygen atoms in total. The Morgan fingerprint density at radius 3 is 2.17 bits per heavy atom. The quantitative estimate of drug-likeness (QED) is 0.0636. The van der Waals surface area contributed by atoms with Gasteiger partial charge in [-0.15, -0.1) is 0 Å². The largest absolute Gasteiger partial charge is 0.454 e. The van der Waals surface area contributed by atoms with Crippen LogP contribution in [0, 0.1) is 15.5 Å². The van der Waals surface area contributed by atoms with Gasteiger partial charge in [-0.2, -0.15) is 0 Å². The molecule has 4 fully saturated rings. The summed E-state index contributed by atoms with van der Waals surface area (Å²) in [6.07, 6.45) is -6.18. The number of non-ortho nitro benzene ring substituents is 1. The van der Waals surface area contributed by atoms with Crippen LogP contribution in [0.5, 0.6) is 0 Å². The van der Waals surface area contributed by atoms with E-state index in [1.54, 1.807) is 32.9 Å². The predicted octanol–water partition coefficient (Wildman–Crippen LogP) is 7.77. The molecule has 6 rings (SSSR count). The van der Waals surface area contributed by atoms with E-state index in [2.05, 4.69) is 33.9 Å². The first-order valence-electron chi connectivity index (χ1n) is 20.5. The molecule has 4 heterocycles. The van der Waals surface area contributed by atoms with Gasteiger partial charge in [0.05, 0.1) is 23.0 Å². The van der Waals surface area contributed by atoms with Crippen LogP contribution in [-0.2, 0) is 58.3 Å². The van der Waals surface area contributed by atoms with Gasteiger partial charge in [-0.25, -0.2) is 0 Å². The number of nitrogens with zero attached hydrogens (tertiary/aromatic N) is 1. The van der Waals surface area contributed by atoms with Crippen molar-refractivity contribution in [2.75, 3.05) is 13.2 Å². The Hall–Kier alpha value is -2.83. The predicted molar refractivity (Wildman–Crippen MR) is 215 cm³/mol. The molecule has 58 heavy (non-hydrogen) atoms. The molecule has 322 valence electrons. The SMILES string of the molecule is C[C@@H]1O[C@@H](O[C@H]2[C@H]3O[C@@H](c4ccccc4)OC[C@H]3O[C@@H](OCCCCc3ccc([N+](=O)[O-])cc3)[C@@H]2OC(=O)C(C)(C)C)[C@@H]2OC(C)(C)O[C@@H]2[C@H]1O[Si](C)(C)C(C)(C)C. The first-order valence-corrected chi connectivity index (χ1v) is 23.4. The maximum absolute atomic E-state index is 13.8. The van der Waals surface area contributed by atoms with Crippen LogP contribution in [0.15, 0.2) is 54.6 Å². The van der Waals surface area contributed by atoms with Gasteiger partial charge in [0.15, 0.2) is 39.1 Å². The summed E-state index contributed by atoms with van der Waals surface area (Å²) in [5, 5.41) is 11.0. The molecule has 2 aromatic carbocycles. The van der Waals surface area contributed by atoms with Crippen LogP contribution in [0.2, 0.25) is 18.1 Å². The molecule has 15 heteroatoms. The highest BCUT2D eigenvalue weighted by atomic mass is 28.4. The Balaban J connectivity index is 1.27. The number of carbonyl (C=O) groups excluding carboxylic acids is 1. The van der Waals surface area contributed by atoms with Crippen molar-refractivity contribution in [3.8, 4) is 0 Å². The first kappa shape index (κ1) is 44.7. The van der Waals surface area contributed by atoms with E-state index >= 15 is 0 Å². The molecule has 0 amide bonds. The second kappa shape index (κ2) is 17.6. The number of carbonyl (C=O) groups is 1. The Morgan fingerprint density at radius 2 is 1.53 bits per heavy atom. The van der Waals surface area contributed by atoms with Crippen LogP contribution in [0.1, 0.15) is 92.6 Å². The number of unbranched alkanes of at least 4 members (excludes halogenated alkanes) is 1. The molecule has 0 radical (unpaired) electrons. The molecule has 4 aliphatic rings. The van der Waals surface area contributed by atoms with Crippen molar-refractivity contribution >= 4 is 20.0 Å². The summed E-state index contributed by atoms with van der Waals surface area (Å²) in [5.41, 5.74) is 0.991. The highest BCUT2D eigenvalue weighted by molar-refractivity contribution is 6.74. The van der Waals surface area contributed by atoms with Gasteiger partial charge >= 0.3 is 5.97 Å². The minimum atomic E-state index is -2.27. The number of esters is 1. The van der Waals surface area contributed by atoms with Crippen LogP contribution in [0.25, 0.3) is 0 Å². The molecule has 4 saturated heterocycles. The summed E-state index contributed by atoms with van der Waals surface area (Å²) < 4.78 is 66.1. The van der Waals surface area contributed by atoms with Crippen LogP contribution in [-0.4, -0.2) is 99.6 Å². The molecule has 2 aromatic rings. The average molecular weight is 830 g/mol. The van der Waals surface area contributed by atoms with Crippen molar-refractivity contribution in [1.82, 2.24) is 0 Å². The lowest BCUT2D eigenvalue weighted by molar-refractivity contribution is -0.389. The van der Waals surface area contributed by atoms with Gasteiger partial charge in [0, 0.05) is 24.3 Å². The van der Waals surface area contributed by atoms with Crippen molar-refractivity contribution < 1.29 is 56.8 Å². The van der Waals surface area contributed by atoms with Gasteiger partial charge in [0.2, 0.25) is 0 Å². The Labute approximate surface area is 343 Å². The molecule has 0 aliphatic carbocycles. The van der Waals surface area contributed by atoms with Crippen LogP contribution < -0.4 is 0 Å². The number of nitro benzene ring substituents is 1. The maximum atomic E-state index is 13.8. The zero-order valence-electron chi connectivity index (χ0n) is 35.8. The lowest BCUT2D eigenvalue weighted by Crippen LogP contribution is -2.67. The van der Waals surface area contributed by atoms with Crippen molar-refractivity contribution in [3.05, 3.63) is 75.8 Å². The van der Waals surface area contributed by atoms with Crippen LogP contribution in [0.4, 0.5) is 5.69 Å². The molecule has 0 aromatic heterocycles. The molecular formula is C43H63NO13Si. The number of nitro groups is 1. The minimum Gasteiger partial charge on any atom is -0.454 e. The van der Waals surface area contributed by atoms with Crippen LogP contribution in [0.3, 0.4) is 0 Å². The van der Waals surface area contributed by atoms with E-state index in [0.29, 0.717) is 12.8 Å². The lowest BCUT2D eigenvalue weighted by atomic mass is 9.94. The summed E-state index contributed by atoms with van der Waals surface area (Å²) in [7, 11) is -2.27. The van der Waals surface area contributed by atoms with Gasteiger partial charge in [0.1, 0.15) is 36.6 Å². The van der Waals surface area contributed by atoms with Crippen molar-refractivity contribution in [1.29, 1.82) is 0 Å². The average Bonchev–Trinajstić information content (AvgIpc) is 3.48. The van der Waals surface area contributed by atoms with Gasteiger partial charge in [0.25, 0.3) is 5.69 Å². The molecule has 4 aliphatic heterocycles. The highest BCUT2D eigenvalue weighted by Crippen LogP contribution is 2.45. The molecule has 0 saturated carbocycles. The highest BCUT2D eigenvalue weighted by Gasteiger charge is 2.60.